The molecule has 0 bridgehead atoms. The molecule has 33 heavy (non-hydrogen) atoms. The van der Waals surface area contributed by atoms with Crippen molar-refractivity contribution in [1.29, 1.82) is 0 Å². The molecule has 176 valence electrons. The van der Waals surface area contributed by atoms with Crippen LogP contribution in [0, 0.1) is 0 Å². The van der Waals surface area contributed by atoms with Crippen molar-refractivity contribution in [3.8, 4) is 17.1 Å². The smallest absolute Gasteiger partial charge is 0.263 e. The van der Waals surface area contributed by atoms with E-state index >= 15 is 0 Å². The highest BCUT2D eigenvalue weighted by Gasteiger charge is 2.24. The third-order valence-electron chi connectivity index (χ3n) is 4.95. The highest BCUT2D eigenvalue weighted by Crippen LogP contribution is 2.25. The van der Waals surface area contributed by atoms with E-state index in [-0.39, 0.29) is 18.3 Å². The summed E-state index contributed by atoms with van der Waals surface area (Å²) in [5.41, 5.74) is 1.13. The maximum Gasteiger partial charge on any atom is 0.263 e. The lowest BCUT2D eigenvalue weighted by atomic mass is 10.2. The van der Waals surface area contributed by atoms with Crippen LogP contribution in [0.5, 0.6) is 5.75 Å². The van der Waals surface area contributed by atoms with Crippen LogP contribution in [0.3, 0.4) is 0 Å². The largest absolute Gasteiger partial charge is 0.481 e. The van der Waals surface area contributed by atoms with Crippen LogP contribution in [0.25, 0.3) is 11.4 Å². The Bertz CT molecular complexity index is 1210. The minimum Gasteiger partial charge on any atom is -0.481 e. The predicted molar refractivity (Wildman–Crippen MR) is 126 cm³/mol. The number of likely N-dealkylation sites (N-methyl/N-ethyl adjacent to an activating group) is 1. The van der Waals surface area contributed by atoms with Gasteiger partial charge in [-0.3, -0.25) is 9.10 Å². The summed E-state index contributed by atoms with van der Waals surface area (Å²) in [5, 5.41) is 4.45. The number of amides is 1. The molecule has 9 nitrogen and oxygen atoms in total. The fraction of sp³-hybridized carbons (Fsp3) is 0.318. The number of ether oxygens (including phenoxy) is 1. The van der Waals surface area contributed by atoms with Gasteiger partial charge in [0, 0.05) is 19.7 Å². The van der Waals surface area contributed by atoms with Gasteiger partial charge < -0.3 is 14.2 Å². The molecule has 0 unspecified atom stereocenters. The second kappa shape index (κ2) is 10.2. The topological polar surface area (TPSA) is 106 Å². The molecule has 11 heteroatoms. The molecule has 1 aromatic heterocycles. The molecule has 2 aromatic carbocycles. The first kappa shape index (κ1) is 24.5. The zero-order valence-electron chi connectivity index (χ0n) is 18.7. The summed E-state index contributed by atoms with van der Waals surface area (Å²) in [7, 11) is -0.277. The minimum atomic E-state index is -3.36. The second-order valence-corrected chi connectivity index (χ2v) is 9.85. The number of halogens is 1. The van der Waals surface area contributed by atoms with Crippen molar-refractivity contribution in [1.82, 2.24) is 15.0 Å². The Morgan fingerprint density at radius 1 is 1.15 bits per heavy atom. The average Bonchev–Trinajstić information content (AvgIpc) is 3.24. The van der Waals surface area contributed by atoms with Crippen molar-refractivity contribution in [2.24, 2.45) is 0 Å². The molecule has 3 rings (SSSR count). The van der Waals surface area contributed by atoms with Gasteiger partial charge in [0.25, 0.3) is 5.91 Å². The van der Waals surface area contributed by atoms with E-state index in [1.54, 1.807) is 43.4 Å². The van der Waals surface area contributed by atoms with E-state index in [1.165, 1.54) is 11.9 Å². The number of hydrogen-bond donors (Lipinski definition) is 0. The van der Waals surface area contributed by atoms with E-state index in [2.05, 4.69) is 10.1 Å². The molecule has 0 N–H and O–H groups in total. The predicted octanol–water partition coefficient (Wildman–Crippen LogP) is 3.60. The van der Waals surface area contributed by atoms with Gasteiger partial charge in [-0.15, -0.1) is 0 Å². The van der Waals surface area contributed by atoms with E-state index in [0.29, 0.717) is 34.3 Å². The molecule has 0 radical (unpaired) electrons. The number of anilines is 1. The van der Waals surface area contributed by atoms with E-state index in [1.807, 2.05) is 19.1 Å². The Balaban J connectivity index is 1.65. The first-order chi connectivity index (χ1) is 15.6. The van der Waals surface area contributed by atoms with Crippen LogP contribution < -0.4 is 9.04 Å². The third kappa shape index (κ3) is 6.02. The molecular weight excluding hydrogens is 468 g/mol. The molecule has 0 saturated heterocycles. The Morgan fingerprint density at radius 2 is 1.82 bits per heavy atom. The number of sulfonamides is 1. The van der Waals surface area contributed by atoms with Gasteiger partial charge in [-0.2, -0.15) is 4.98 Å². The molecule has 0 fully saturated rings. The SMILES string of the molecule is CC[C@H](Oc1ccc(N(C)S(C)(=O)=O)cc1)C(=O)N(C)Cc1nc(-c2ccccc2Cl)no1. The van der Waals surface area contributed by atoms with Crippen molar-refractivity contribution in [2.75, 3.05) is 24.7 Å². The van der Waals surface area contributed by atoms with Crippen molar-refractivity contribution in [2.45, 2.75) is 26.0 Å². The fourth-order valence-corrected chi connectivity index (χ4v) is 3.72. The van der Waals surface area contributed by atoms with Crippen LogP contribution in [-0.4, -0.2) is 55.8 Å². The molecular formula is C22H25ClN4O5S. The second-order valence-electron chi connectivity index (χ2n) is 7.42. The number of aromatic nitrogens is 2. The normalized spacial score (nSPS) is 12.3. The Morgan fingerprint density at radius 3 is 2.42 bits per heavy atom. The van der Waals surface area contributed by atoms with Crippen LogP contribution in [0.2, 0.25) is 5.02 Å². The van der Waals surface area contributed by atoms with Gasteiger partial charge in [-0.1, -0.05) is 35.8 Å². The molecule has 1 atom stereocenters. The van der Waals surface area contributed by atoms with Crippen LogP contribution in [0.15, 0.2) is 53.1 Å². The monoisotopic (exact) mass is 492 g/mol. The van der Waals surface area contributed by atoms with Crippen molar-refractivity contribution < 1.29 is 22.5 Å². The fourth-order valence-electron chi connectivity index (χ4n) is 3.00. The summed E-state index contributed by atoms with van der Waals surface area (Å²) in [6.45, 7) is 1.94. The highest BCUT2D eigenvalue weighted by molar-refractivity contribution is 7.92. The van der Waals surface area contributed by atoms with E-state index in [4.69, 9.17) is 20.9 Å². The molecule has 0 saturated carbocycles. The Hall–Kier alpha value is -3.11. The molecule has 0 aliphatic carbocycles. The molecule has 1 heterocycles. The van der Waals surface area contributed by atoms with E-state index < -0.39 is 16.1 Å². The molecule has 0 spiro atoms. The maximum atomic E-state index is 12.9. The van der Waals surface area contributed by atoms with E-state index in [0.717, 1.165) is 10.6 Å². The van der Waals surface area contributed by atoms with Gasteiger partial charge >= 0.3 is 0 Å². The van der Waals surface area contributed by atoms with Crippen LogP contribution in [-0.2, 0) is 21.4 Å². The number of hydrogen-bond acceptors (Lipinski definition) is 7. The lowest BCUT2D eigenvalue weighted by Gasteiger charge is -2.23. The van der Waals surface area contributed by atoms with Crippen LogP contribution >= 0.6 is 11.6 Å². The van der Waals surface area contributed by atoms with Crippen molar-refractivity contribution in [3.05, 3.63) is 59.4 Å². The zero-order chi connectivity index (χ0) is 24.2. The summed E-state index contributed by atoms with van der Waals surface area (Å²) in [6.07, 6.45) is 0.822. The molecule has 0 aliphatic rings. The van der Waals surface area contributed by atoms with Gasteiger partial charge in [0.1, 0.15) is 5.75 Å². The van der Waals surface area contributed by atoms with E-state index in [9.17, 15) is 13.2 Å². The summed E-state index contributed by atoms with van der Waals surface area (Å²) in [5.74, 6) is 0.808. The third-order valence-corrected chi connectivity index (χ3v) is 6.49. The summed E-state index contributed by atoms with van der Waals surface area (Å²) >= 11 is 6.18. The number of carbonyl (C=O) groups excluding carboxylic acids is 1. The van der Waals surface area contributed by atoms with Gasteiger partial charge in [-0.25, -0.2) is 8.42 Å². The average molecular weight is 493 g/mol. The van der Waals surface area contributed by atoms with Gasteiger partial charge in [0.05, 0.1) is 23.5 Å². The van der Waals surface area contributed by atoms with Gasteiger partial charge in [0.15, 0.2) is 6.10 Å². The first-order valence-corrected chi connectivity index (χ1v) is 12.4. The molecule has 3 aromatic rings. The zero-order valence-corrected chi connectivity index (χ0v) is 20.3. The summed E-state index contributed by atoms with van der Waals surface area (Å²) < 4.78 is 35.6. The van der Waals surface area contributed by atoms with Crippen molar-refractivity contribution in [3.63, 3.8) is 0 Å². The number of rotatable bonds is 9. The minimum absolute atomic E-state index is 0.105. The van der Waals surface area contributed by atoms with Crippen LogP contribution in [0.4, 0.5) is 5.69 Å². The number of carbonyl (C=O) groups is 1. The maximum absolute atomic E-state index is 12.9. The number of nitrogens with zero attached hydrogens (tertiary/aromatic N) is 4. The number of benzene rings is 2. The summed E-state index contributed by atoms with van der Waals surface area (Å²) in [4.78, 5) is 18.7. The Labute approximate surface area is 198 Å². The Kier molecular flexibility index (Phi) is 7.60. The van der Waals surface area contributed by atoms with Crippen LogP contribution in [0.1, 0.15) is 19.2 Å². The lowest BCUT2D eigenvalue weighted by molar-refractivity contribution is -0.138. The van der Waals surface area contributed by atoms with Gasteiger partial charge in [-0.05, 0) is 42.8 Å². The summed E-state index contributed by atoms with van der Waals surface area (Å²) in [6, 6.07) is 13.6. The lowest BCUT2D eigenvalue weighted by Crippen LogP contribution is -2.39. The van der Waals surface area contributed by atoms with Gasteiger partial charge in [0.2, 0.25) is 21.7 Å². The van der Waals surface area contributed by atoms with Crippen molar-refractivity contribution >= 4 is 33.2 Å². The standard InChI is InChI=1S/C22H25ClN4O5S/c1-5-19(31-16-12-10-15(11-13-16)27(3)33(4,29)30)22(28)26(2)14-20-24-21(25-32-20)17-8-6-7-9-18(17)23/h6-13,19H,5,14H2,1-4H3/t19-/m0/s1. The quantitative estimate of drug-likeness (QED) is 0.449. The molecule has 1 amide bonds. The molecule has 0 aliphatic heterocycles. The first-order valence-electron chi connectivity index (χ1n) is 10.1. The highest BCUT2D eigenvalue weighted by atomic mass is 35.5.